The van der Waals surface area contributed by atoms with Crippen molar-refractivity contribution in [1.29, 1.82) is 0 Å². The molecule has 3 rings (SSSR count). The fourth-order valence-corrected chi connectivity index (χ4v) is 2.80. The summed E-state index contributed by atoms with van der Waals surface area (Å²) >= 11 is 1.62. The van der Waals surface area contributed by atoms with Gasteiger partial charge in [0.1, 0.15) is 23.2 Å². The molecule has 7 nitrogen and oxygen atoms in total. The lowest BCUT2D eigenvalue weighted by molar-refractivity contribution is -0.140. The van der Waals surface area contributed by atoms with Crippen molar-refractivity contribution in [2.45, 2.75) is 37.2 Å². The van der Waals surface area contributed by atoms with E-state index in [1.54, 1.807) is 18.1 Å². The third-order valence-electron chi connectivity index (χ3n) is 3.05. The van der Waals surface area contributed by atoms with Crippen LogP contribution in [0.3, 0.4) is 0 Å². The van der Waals surface area contributed by atoms with Crippen molar-refractivity contribution < 1.29 is 14.7 Å². The number of ether oxygens (including phenoxy) is 1. The van der Waals surface area contributed by atoms with Crippen LogP contribution in [0.15, 0.2) is 17.7 Å². The highest BCUT2D eigenvalue weighted by molar-refractivity contribution is 7.99. The number of imidazole rings is 1. The van der Waals surface area contributed by atoms with Crippen LogP contribution < -0.4 is 4.84 Å². The molecule has 2 aromatic heterocycles. The Bertz CT molecular complexity index is 591. The normalized spacial score (nSPS) is 22.5. The van der Waals surface area contributed by atoms with Crippen LogP contribution in [0.1, 0.15) is 19.8 Å². The lowest BCUT2D eigenvalue weighted by Crippen LogP contribution is -2.26. The Labute approximate surface area is 120 Å². The standard InChI is InChI=1S/C12H16N4O3S/c1-2-20-12-10-11(13-6-14-12)16(7-15-10)19-9-4-3-8(5-17)18-9/h6-9,17H,2-5H2,1H3/t8-,9+/m0/s1. The van der Waals surface area contributed by atoms with Crippen molar-refractivity contribution in [2.24, 2.45) is 0 Å². The predicted molar refractivity (Wildman–Crippen MR) is 73.3 cm³/mol. The molecule has 0 unspecified atom stereocenters. The molecule has 0 spiro atoms. The summed E-state index contributed by atoms with van der Waals surface area (Å²) in [6.45, 7) is 2.08. The number of aliphatic hydroxyl groups excluding tert-OH is 1. The monoisotopic (exact) mass is 296 g/mol. The van der Waals surface area contributed by atoms with Crippen molar-refractivity contribution in [3.63, 3.8) is 0 Å². The maximum Gasteiger partial charge on any atom is 0.225 e. The number of rotatable bonds is 5. The Kier molecular flexibility index (Phi) is 4.04. The maximum absolute atomic E-state index is 9.05. The van der Waals surface area contributed by atoms with E-state index in [4.69, 9.17) is 14.7 Å². The molecule has 0 aliphatic carbocycles. The molecule has 20 heavy (non-hydrogen) atoms. The molecule has 8 heteroatoms. The molecule has 108 valence electrons. The molecule has 2 aromatic rings. The van der Waals surface area contributed by atoms with Gasteiger partial charge in [0.15, 0.2) is 5.65 Å². The van der Waals surface area contributed by atoms with Crippen LogP contribution in [0, 0.1) is 0 Å². The Morgan fingerprint density at radius 1 is 1.45 bits per heavy atom. The van der Waals surface area contributed by atoms with E-state index >= 15 is 0 Å². The Balaban J connectivity index is 1.81. The average Bonchev–Trinajstić information content (AvgIpc) is 3.08. The lowest BCUT2D eigenvalue weighted by Gasteiger charge is -2.14. The third kappa shape index (κ3) is 2.58. The van der Waals surface area contributed by atoms with Gasteiger partial charge in [0.2, 0.25) is 6.29 Å². The minimum atomic E-state index is -0.373. The van der Waals surface area contributed by atoms with Crippen molar-refractivity contribution >= 4 is 22.9 Å². The zero-order valence-corrected chi connectivity index (χ0v) is 11.9. The van der Waals surface area contributed by atoms with Crippen molar-refractivity contribution in [3.8, 4) is 0 Å². The van der Waals surface area contributed by atoms with Crippen LogP contribution in [0.2, 0.25) is 0 Å². The second kappa shape index (κ2) is 5.94. The van der Waals surface area contributed by atoms with Gasteiger partial charge in [-0.1, -0.05) is 6.92 Å². The number of hydrogen-bond acceptors (Lipinski definition) is 7. The minimum Gasteiger partial charge on any atom is -0.394 e. The van der Waals surface area contributed by atoms with Gasteiger partial charge in [-0.15, -0.1) is 16.5 Å². The van der Waals surface area contributed by atoms with Crippen LogP contribution in [0.25, 0.3) is 11.2 Å². The number of nitrogens with zero attached hydrogens (tertiary/aromatic N) is 4. The van der Waals surface area contributed by atoms with Gasteiger partial charge in [-0.25, -0.2) is 15.0 Å². The topological polar surface area (TPSA) is 82.3 Å². The zero-order chi connectivity index (χ0) is 13.9. The van der Waals surface area contributed by atoms with Gasteiger partial charge in [-0.3, -0.25) is 0 Å². The Hall–Kier alpha value is -1.38. The van der Waals surface area contributed by atoms with Gasteiger partial charge in [-0.05, 0) is 12.2 Å². The summed E-state index contributed by atoms with van der Waals surface area (Å²) in [6.07, 6.45) is 4.10. The number of hydrogen-bond donors (Lipinski definition) is 1. The largest absolute Gasteiger partial charge is 0.394 e. The van der Waals surface area contributed by atoms with Crippen molar-refractivity contribution in [2.75, 3.05) is 12.4 Å². The molecule has 0 bridgehead atoms. The van der Waals surface area contributed by atoms with Crippen molar-refractivity contribution in [3.05, 3.63) is 12.7 Å². The first-order chi connectivity index (χ1) is 9.81. The zero-order valence-electron chi connectivity index (χ0n) is 11.1. The second-order valence-electron chi connectivity index (χ2n) is 4.41. The van der Waals surface area contributed by atoms with E-state index in [1.807, 2.05) is 0 Å². The fourth-order valence-electron chi connectivity index (χ4n) is 2.12. The molecule has 1 fully saturated rings. The summed E-state index contributed by atoms with van der Waals surface area (Å²) in [5, 5.41) is 9.90. The molecule has 1 aliphatic heterocycles. The van der Waals surface area contributed by atoms with Crippen molar-refractivity contribution in [1.82, 2.24) is 19.7 Å². The summed E-state index contributed by atoms with van der Waals surface area (Å²) < 4.78 is 7.06. The quantitative estimate of drug-likeness (QED) is 0.647. The van der Waals surface area contributed by atoms with Crippen LogP contribution in [-0.2, 0) is 4.74 Å². The molecule has 1 N–H and O–H groups in total. The Morgan fingerprint density at radius 2 is 2.35 bits per heavy atom. The van der Waals surface area contributed by atoms with Crippen LogP contribution >= 0.6 is 11.8 Å². The first-order valence-corrected chi connectivity index (χ1v) is 7.54. The number of aliphatic hydroxyl groups is 1. The Morgan fingerprint density at radius 3 is 3.10 bits per heavy atom. The van der Waals surface area contributed by atoms with E-state index in [9.17, 15) is 0 Å². The summed E-state index contributed by atoms with van der Waals surface area (Å²) in [6, 6.07) is 0. The molecule has 1 aliphatic rings. The second-order valence-corrected chi connectivity index (χ2v) is 5.66. The minimum absolute atomic E-state index is 0.0179. The highest BCUT2D eigenvalue weighted by atomic mass is 32.2. The van der Waals surface area contributed by atoms with E-state index in [-0.39, 0.29) is 19.0 Å². The average molecular weight is 296 g/mol. The molecule has 1 saturated heterocycles. The lowest BCUT2D eigenvalue weighted by atomic mass is 10.2. The highest BCUT2D eigenvalue weighted by Gasteiger charge is 2.27. The molecule has 3 heterocycles. The van der Waals surface area contributed by atoms with Crippen LogP contribution in [0.5, 0.6) is 0 Å². The molecule has 0 radical (unpaired) electrons. The molecule has 2 atom stereocenters. The summed E-state index contributed by atoms with van der Waals surface area (Å²) in [5.41, 5.74) is 1.36. The highest BCUT2D eigenvalue weighted by Crippen LogP contribution is 2.23. The van der Waals surface area contributed by atoms with E-state index in [1.165, 1.54) is 11.1 Å². The summed E-state index contributed by atoms with van der Waals surface area (Å²) in [4.78, 5) is 18.5. The summed E-state index contributed by atoms with van der Waals surface area (Å²) in [5.74, 6) is 0.920. The summed E-state index contributed by atoms with van der Waals surface area (Å²) in [7, 11) is 0. The van der Waals surface area contributed by atoms with E-state index < -0.39 is 0 Å². The fraction of sp³-hybridized carbons (Fsp3) is 0.583. The molecular formula is C12H16N4O3S. The molecule has 0 saturated carbocycles. The first-order valence-electron chi connectivity index (χ1n) is 6.56. The number of thioether (sulfide) groups is 1. The van der Waals surface area contributed by atoms with Gasteiger partial charge in [-0.2, -0.15) is 0 Å². The van der Waals surface area contributed by atoms with Crippen LogP contribution in [-0.4, -0.2) is 49.5 Å². The number of aromatic nitrogens is 4. The van der Waals surface area contributed by atoms with Crippen LogP contribution in [0.4, 0.5) is 0 Å². The van der Waals surface area contributed by atoms with E-state index in [0.717, 1.165) is 29.1 Å². The van der Waals surface area contributed by atoms with Gasteiger partial charge in [0.05, 0.1) is 12.7 Å². The molecule has 0 amide bonds. The predicted octanol–water partition coefficient (Wildman–Crippen LogP) is 0.864. The van der Waals surface area contributed by atoms with Gasteiger partial charge < -0.3 is 14.7 Å². The molecule has 0 aromatic carbocycles. The maximum atomic E-state index is 9.05. The van der Waals surface area contributed by atoms with Gasteiger partial charge in [0, 0.05) is 6.42 Å². The van der Waals surface area contributed by atoms with E-state index in [0.29, 0.717) is 5.65 Å². The number of fused-ring (bicyclic) bond motifs is 1. The van der Waals surface area contributed by atoms with Gasteiger partial charge >= 0.3 is 0 Å². The third-order valence-corrected chi connectivity index (χ3v) is 3.92. The SMILES string of the molecule is CCSc1ncnc2c1ncn2O[C@@H]1CC[C@@H](CO)O1. The van der Waals surface area contributed by atoms with E-state index in [2.05, 4.69) is 21.9 Å². The first kappa shape index (κ1) is 13.6. The van der Waals surface area contributed by atoms with Gasteiger partial charge in [0.25, 0.3) is 0 Å². The molecular weight excluding hydrogens is 280 g/mol. The smallest absolute Gasteiger partial charge is 0.225 e.